The lowest BCUT2D eigenvalue weighted by Crippen LogP contribution is -2.23. The minimum absolute atomic E-state index is 0.0445. The van der Waals surface area contributed by atoms with Gasteiger partial charge in [-0.25, -0.2) is 4.98 Å². The van der Waals surface area contributed by atoms with Crippen LogP contribution in [0.4, 0.5) is 5.69 Å². The highest BCUT2D eigenvalue weighted by Crippen LogP contribution is 2.17. The summed E-state index contributed by atoms with van der Waals surface area (Å²) < 4.78 is 1.64. The molecule has 1 aliphatic rings. The van der Waals surface area contributed by atoms with Crippen LogP contribution in [0.2, 0.25) is 0 Å². The molecule has 2 aromatic rings. The number of nitrogens with one attached hydrogen (secondary N) is 2. The molecule has 0 spiro atoms. The van der Waals surface area contributed by atoms with E-state index in [-0.39, 0.29) is 11.5 Å². The molecule has 22 heavy (non-hydrogen) atoms. The van der Waals surface area contributed by atoms with Crippen molar-refractivity contribution in [2.45, 2.75) is 20.4 Å². The molecule has 0 fully saturated rings. The largest absolute Gasteiger partial charge is 0.357 e. The fourth-order valence-corrected chi connectivity index (χ4v) is 2.47. The molecule has 0 atom stereocenters. The van der Waals surface area contributed by atoms with Gasteiger partial charge < -0.3 is 10.6 Å². The minimum Gasteiger partial charge on any atom is -0.357 e. The van der Waals surface area contributed by atoms with E-state index in [0.717, 1.165) is 11.4 Å². The van der Waals surface area contributed by atoms with Crippen molar-refractivity contribution in [2.24, 2.45) is 5.92 Å². The van der Waals surface area contributed by atoms with E-state index in [1.807, 2.05) is 12.1 Å². The Morgan fingerprint density at radius 3 is 2.86 bits per heavy atom. The van der Waals surface area contributed by atoms with Crippen LogP contribution in [0, 0.1) is 5.92 Å². The summed E-state index contributed by atoms with van der Waals surface area (Å²) in [7, 11) is 0. The minimum atomic E-state index is -0.107. The van der Waals surface area contributed by atoms with Crippen molar-refractivity contribution in [3.63, 3.8) is 0 Å². The van der Waals surface area contributed by atoms with Gasteiger partial charge in [0.25, 0.3) is 5.56 Å². The number of benzene rings is 1. The third-order valence-electron chi connectivity index (χ3n) is 3.45. The standard InChI is InChI=1S/C16H18N4O2/c1-10(2)8-20-9-18-14-4-3-11(5-13(14)16(20)22)19-12-6-15(21)17-7-12/h3-6,9-10,19H,7-8H2,1-2H3,(H,17,21). The van der Waals surface area contributed by atoms with Crippen molar-refractivity contribution in [3.8, 4) is 0 Å². The molecular formula is C16H18N4O2. The molecule has 1 aliphatic heterocycles. The fourth-order valence-electron chi connectivity index (χ4n) is 2.47. The number of nitrogens with zero attached hydrogens (tertiary/aromatic N) is 2. The molecule has 0 unspecified atom stereocenters. The molecule has 2 N–H and O–H groups in total. The van der Waals surface area contributed by atoms with Crippen molar-refractivity contribution in [3.05, 3.63) is 46.7 Å². The quantitative estimate of drug-likeness (QED) is 0.896. The normalized spacial score (nSPS) is 14.3. The summed E-state index contributed by atoms with van der Waals surface area (Å²) in [5.41, 5.74) is 2.19. The number of anilines is 1. The van der Waals surface area contributed by atoms with Crippen LogP contribution in [0.3, 0.4) is 0 Å². The Balaban J connectivity index is 1.97. The molecule has 1 amide bonds. The lowest BCUT2D eigenvalue weighted by molar-refractivity contribution is -0.115. The van der Waals surface area contributed by atoms with Crippen molar-refractivity contribution >= 4 is 22.5 Å². The van der Waals surface area contributed by atoms with Crippen LogP contribution in [-0.4, -0.2) is 22.0 Å². The van der Waals surface area contributed by atoms with Crippen LogP contribution in [0.25, 0.3) is 10.9 Å². The smallest absolute Gasteiger partial charge is 0.261 e. The first-order valence-corrected chi connectivity index (χ1v) is 7.27. The number of hydrogen-bond donors (Lipinski definition) is 2. The summed E-state index contributed by atoms with van der Waals surface area (Å²) in [6.07, 6.45) is 3.12. The molecule has 114 valence electrons. The van der Waals surface area contributed by atoms with E-state index in [0.29, 0.717) is 29.9 Å². The van der Waals surface area contributed by atoms with Gasteiger partial charge in [-0.05, 0) is 24.1 Å². The first-order chi connectivity index (χ1) is 10.5. The molecule has 3 rings (SSSR count). The summed E-state index contributed by atoms with van der Waals surface area (Å²) in [6.45, 7) is 5.24. The number of amides is 1. The number of aromatic nitrogens is 2. The van der Waals surface area contributed by atoms with Crippen molar-refractivity contribution in [2.75, 3.05) is 11.9 Å². The Morgan fingerprint density at radius 1 is 1.36 bits per heavy atom. The van der Waals surface area contributed by atoms with Crippen LogP contribution >= 0.6 is 0 Å². The first kappa shape index (κ1) is 14.3. The van der Waals surface area contributed by atoms with Crippen molar-refractivity contribution in [1.29, 1.82) is 0 Å². The van der Waals surface area contributed by atoms with Crippen LogP contribution in [0.5, 0.6) is 0 Å². The number of carbonyl (C=O) groups excluding carboxylic acids is 1. The summed E-state index contributed by atoms with van der Waals surface area (Å²) in [5, 5.41) is 6.42. The first-order valence-electron chi connectivity index (χ1n) is 7.27. The summed E-state index contributed by atoms with van der Waals surface area (Å²) in [5.74, 6) is 0.267. The molecule has 0 bridgehead atoms. The van der Waals surface area contributed by atoms with E-state index >= 15 is 0 Å². The zero-order chi connectivity index (χ0) is 15.7. The molecule has 0 aliphatic carbocycles. The van der Waals surface area contributed by atoms with E-state index in [9.17, 15) is 9.59 Å². The Hall–Kier alpha value is -2.63. The molecule has 0 saturated heterocycles. The van der Waals surface area contributed by atoms with Gasteiger partial charge in [0.05, 0.1) is 23.8 Å². The van der Waals surface area contributed by atoms with Gasteiger partial charge >= 0.3 is 0 Å². The zero-order valence-corrected chi connectivity index (χ0v) is 12.6. The number of hydrogen-bond acceptors (Lipinski definition) is 4. The number of carbonyl (C=O) groups is 1. The maximum Gasteiger partial charge on any atom is 0.261 e. The summed E-state index contributed by atoms with van der Waals surface area (Å²) in [4.78, 5) is 28.0. The average molecular weight is 298 g/mol. The molecule has 1 aromatic carbocycles. The second-order valence-corrected chi connectivity index (χ2v) is 5.84. The molecule has 2 heterocycles. The Bertz CT molecular complexity index is 820. The third kappa shape index (κ3) is 2.86. The van der Waals surface area contributed by atoms with Gasteiger partial charge in [-0.2, -0.15) is 0 Å². The van der Waals surface area contributed by atoms with Crippen LogP contribution in [0.1, 0.15) is 13.8 Å². The van der Waals surface area contributed by atoms with Gasteiger partial charge in [-0.3, -0.25) is 14.2 Å². The van der Waals surface area contributed by atoms with E-state index in [2.05, 4.69) is 29.5 Å². The maximum absolute atomic E-state index is 12.5. The van der Waals surface area contributed by atoms with E-state index in [1.54, 1.807) is 17.0 Å². The number of rotatable bonds is 4. The Morgan fingerprint density at radius 2 is 2.18 bits per heavy atom. The highest BCUT2D eigenvalue weighted by Gasteiger charge is 2.11. The lowest BCUT2D eigenvalue weighted by Gasteiger charge is -2.10. The zero-order valence-electron chi connectivity index (χ0n) is 12.6. The van der Waals surface area contributed by atoms with Gasteiger partial charge in [-0.1, -0.05) is 13.8 Å². The summed E-state index contributed by atoms with van der Waals surface area (Å²) >= 11 is 0. The van der Waals surface area contributed by atoms with Crippen LogP contribution in [0.15, 0.2) is 41.1 Å². The molecule has 0 radical (unpaired) electrons. The second-order valence-electron chi connectivity index (χ2n) is 5.84. The van der Waals surface area contributed by atoms with Crippen molar-refractivity contribution < 1.29 is 4.79 Å². The van der Waals surface area contributed by atoms with E-state index in [4.69, 9.17) is 0 Å². The fraction of sp³-hybridized carbons (Fsp3) is 0.312. The third-order valence-corrected chi connectivity index (χ3v) is 3.45. The van der Waals surface area contributed by atoms with Crippen LogP contribution in [-0.2, 0) is 11.3 Å². The predicted molar refractivity (Wildman–Crippen MR) is 85.6 cm³/mol. The maximum atomic E-state index is 12.5. The second kappa shape index (κ2) is 5.63. The highest BCUT2D eigenvalue weighted by molar-refractivity contribution is 5.92. The molecule has 0 saturated carbocycles. The Labute approximate surface area is 127 Å². The van der Waals surface area contributed by atoms with Crippen LogP contribution < -0.4 is 16.2 Å². The number of fused-ring (bicyclic) bond motifs is 1. The molecule has 1 aromatic heterocycles. The molecular weight excluding hydrogens is 280 g/mol. The molecule has 6 nitrogen and oxygen atoms in total. The van der Waals surface area contributed by atoms with E-state index < -0.39 is 0 Å². The van der Waals surface area contributed by atoms with E-state index in [1.165, 1.54) is 6.08 Å². The lowest BCUT2D eigenvalue weighted by atomic mass is 10.2. The highest BCUT2D eigenvalue weighted by atomic mass is 16.1. The van der Waals surface area contributed by atoms with Crippen molar-refractivity contribution in [1.82, 2.24) is 14.9 Å². The predicted octanol–water partition coefficient (Wildman–Crippen LogP) is 1.48. The summed E-state index contributed by atoms with van der Waals surface area (Å²) in [6, 6.07) is 5.44. The molecule has 6 heteroatoms. The Kier molecular flexibility index (Phi) is 3.66. The van der Waals surface area contributed by atoms with Gasteiger partial charge in [0.2, 0.25) is 5.91 Å². The topological polar surface area (TPSA) is 76.0 Å². The van der Waals surface area contributed by atoms with Gasteiger partial charge in [-0.15, -0.1) is 0 Å². The van der Waals surface area contributed by atoms with Gasteiger partial charge in [0.1, 0.15) is 0 Å². The monoisotopic (exact) mass is 298 g/mol. The SMILES string of the molecule is CC(C)Cn1cnc2ccc(NC3=CC(=O)NC3)cc2c1=O. The van der Waals surface area contributed by atoms with Gasteiger partial charge in [0, 0.05) is 24.0 Å². The van der Waals surface area contributed by atoms with Gasteiger partial charge in [0.15, 0.2) is 0 Å². The average Bonchev–Trinajstić information content (AvgIpc) is 2.87.